The molecule has 2 amide bonds. The van der Waals surface area contributed by atoms with Gasteiger partial charge in [0.15, 0.2) is 5.82 Å². The van der Waals surface area contributed by atoms with Gasteiger partial charge in [0, 0.05) is 31.1 Å². The molecule has 2 rings (SSSR count). The minimum absolute atomic E-state index is 0.0287. The molecule has 1 saturated heterocycles. The van der Waals surface area contributed by atoms with Crippen LogP contribution in [0.25, 0.3) is 0 Å². The second-order valence-corrected chi connectivity index (χ2v) is 5.63. The molecule has 6 nitrogen and oxygen atoms in total. The van der Waals surface area contributed by atoms with E-state index in [1.165, 1.54) is 0 Å². The first kappa shape index (κ1) is 15.3. The Morgan fingerprint density at radius 1 is 1.38 bits per heavy atom. The number of nitrogens with one attached hydrogen (secondary N) is 1. The molecule has 0 atom stereocenters. The van der Waals surface area contributed by atoms with Crippen molar-refractivity contribution >= 4 is 17.6 Å². The standard InChI is InChI=1S/C15H21N3O3/c1-10(2)8-14(19)18-6-4-12(5-7-18)15(20)16-13-9-11(3)21-17-13/h8-9,12H,4-7H2,1-3H3,(H,16,17,20). The number of hydrogen-bond acceptors (Lipinski definition) is 4. The van der Waals surface area contributed by atoms with Crippen LogP contribution >= 0.6 is 0 Å². The zero-order valence-corrected chi connectivity index (χ0v) is 12.7. The van der Waals surface area contributed by atoms with Crippen LogP contribution < -0.4 is 5.32 Å². The van der Waals surface area contributed by atoms with Crippen LogP contribution in [0.3, 0.4) is 0 Å². The number of carbonyl (C=O) groups is 2. The maximum atomic E-state index is 12.1. The molecule has 1 aromatic heterocycles. The molecule has 0 spiro atoms. The summed E-state index contributed by atoms with van der Waals surface area (Å²) in [5.41, 5.74) is 0.987. The maximum absolute atomic E-state index is 12.1. The van der Waals surface area contributed by atoms with Crippen molar-refractivity contribution in [2.24, 2.45) is 5.92 Å². The monoisotopic (exact) mass is 291 g/mol. The fourth-order valence-electron chi connectivity index (χ4n) is 2.35. The lowest BCUT2D eigenvalue weighted by molar-refractivity contribution is -0.130. The third-order valence-corrected chi connectivity index (χ3v) is 3.47. The van der Waals surface area contributed by atoms with Gasteiger partial charge >= 0.3 is 0 Å². The average molecular weight is 291 g/mol. The molecule has 0 bridgehead atoms. The number of rotatable bonds is 3. The van der Waals surface area contributed by atoms with Crippen LogP contribution in [-0.4, -0.2) is 35.0 Å². The molecule has 0 aromatic carbocycles. The Morgan fingerprint density at radius 2 is 2.05 bits per heavy atom. The Hall–Kier alpha value is -2.11. The number of nitrogens with zero attached hydrogens (tertiary/aromatic N) is 2. The molecular formula is C15H21N3O3. The first-order valence-electron chi connectivity index (χ1n) is 7.13. The van der Waals surface area contributed by atoms with E-state index < -0.39 is 0 Å². The smallest absolute Gasteiger partial charge is 0.246 e. The zero-order valence-electron chi connectivity index (χ0n) is 12.7. The highest BCUT2D eigenvalue weighted by molar-refractivity contribution is 5.92. The van der Waals surface area contributed by atoms with Crippen molar-refractivity contribution in [3.63, 3.8) is 0 Å². The van der Waals surface area contributed by atoms with Gasteiger partial charge in [0.1, 0.15) is 5.76 Å². The van der Waals surface area contributed by atoms with Gasteiger partial charge in [-0.25, -0.2) is 0 Å². The van der Waals surface area contributed by atoms with Gasteiger partial charge in [-0.3, -0.25) is 9.59 Å². The van der Waals surface area contributed by atoms with Gasteiger partial charge in [-0.15, -0.1) is 0 Å². The number of aromatic nitrogens is 1. The number of carbonyl (C=O) groups excluding carboxylic acids is 2. The Bertz CT molecular complexity index is 550. The van der Waals surface area contributed by atoms with Gasteiger partial charge in [0.2, 0.25) is 11.8 Å². The highest BCUT2D eigenvalue weighted by Gasteiger charge is 2.27. The first-order chi connectivity index (χ1) is 9.95. The van der Waals surface area contributed by atoms with Crippen LogP contribution in [0.1, 0.15) is 32.4 Å². The van der Waals surface area contributed by atoms with E-state index in [0.29, 0.717) is 37.5 Å². The quantitative estimate of drug-likeness (QED) is 0.866. The summed E-state index contributed by atoms with van der Waals surface area (Å²) in [6.07, 6.45) is 2.98. The molecule has 21 heavy (non-hydrogen) atoms. The Balaban J connectivity index is 1.84. The number of piperidine rings is 1. The fourth-order valence-corrected chi connectivity index (χ4v) is 2.35. The summed E-state index contributed by atoms with van der Waals surface area (Å²) in [6, 6.07) is 1.69. The highest BCUT2D eigenvalue weighted by Crippen LogP contribution is 2.20. The van der Waals surface area contributed by atoms with Gasteiger partial charge in [-0.05, 0) is 33.6 Å². The zero-order chi connectivity index (χ0) is 15.4. The van der Waals surface area contributed by atoms with E-state index in [4.69, 9.17) is 4.52 Å². The van der Waals surface area contributed by atoms with Gasteiger partial charge in [-0.1, -0.05) is 10.7 Å². The predicted octanol–water partition coefficient (Wildman–Crippen LogP) is 2.13. The molecular weight excluding hydrogens is 270 g/mol. The van der Waals surface area contributed by atoms with E-state index in [-0.39, 0.29) is 17.7 Å². The number of hydrogen-bond donors (Lipinski definition) is 1. The summed E-state index contributed by atoms with van der Waals surface area (Å²) >= 11 is 0. The molecule has 2 heterocycles. The molecule has 1 aliphatic heterocycles. The number of likely N-dealkylation sites (tertiary alicyclic amines) is 1. The summed E-state index contributed by atoms with van der Waals surface area (Å²) in [5.74, 6) is 0.990. The van der Waals surface area contributed by atoms with E-state index in [0.717, 1.165) is 5.57 Å². The molecule has 114 valence electrons. The molecule has 0 radical (unpaired) electrons. The topological polar surface area (TPSA) is 75.4 Å². The second kappa shape index (κ2) is 6.56. The third kappa shape index (κ3) is 4.18. The number of anilines is 1. The van der Waals surface area contributed by atoms with Crippen LogP contribution in [-0.2, 0) is 9.59 Å². The normalized spacial score (nSPS) is 15.7. The lowest BCUT2D eigenvalue weighted by atomic mass is 9.96. The molecule has 1 N–H and O–H groups in total. The third-order valence-electron chi connectivity index (χ3n) is 3.47. The number of allylic oxidation sites excluding steroid dienone is 1. The van der Waals surface area contributed by atoms with E-state index >= 15 is 0 Å². The molecule has 0 saturated carbocycles. The SMILES string of the molecule is CC(C)=CC(=O)N1CCC(C(=O)Nc2cc(C)on2)CC1. The van der Waals surface area contributed by atoms with Crippen molar-refractivity contribution in [1.82, 2.24) is 10.1 Å². The largest absolute Gasteiger partial charge is 0.360 e. The van der Waals surface area contributed by atoms with Crippen molar-refractivity contribution in [3.8, 4) is 0 Å². The van der Waals surface area contributed by atoms with Gasteiger partial charge in [-0.2, -0.15) is 0 Å². The van der Waals surface area contributed by atoms with Crippen molar-refractivity contribution in [3.05, 3.63) is 23.5 Å². The summed E-state index contributed by atoms with van der Waals surface area (Å²) in [4.78, 5) is 25.8. The van der Waals surface area contributed by atoms with Crippen LogP contribution in [0, 0.1) is 12.8 Å². The lowest BCUT2D eigenvalue weighted by Gasteiger charge is -2.30. The summed E-state index contributed by atoms with van der Waals surface area (Å²) in [6.45, 7) is 6.79. The van der Waals surface area contributed by atoms with E-state index in [1.54, 1.807) is 24.0 Å². The Morgan fingerprint density at radius 3 is 2.57 bits per heavy atom. The number of amides is 2. The van der Waals surface area contributed by atoms with Crippen molar-refractivity contribution in [2.75, 3.05) is 18.4 Å². The van der Waals surface area contributed by atoms with Crippen LogP contribution in [0.5, 0.6) is 0 Å². The molecule has 6 heteroatoms. The fraction of sp³-hybridized carbons (Fsp3) is 0.533. The Kier molecular flexibility index (Phi) is 4.77. The Labute approximate surface area is 124 Å². The summed E-state index contributed by atoms with van der Waals surface area (Å²) in [5, 5.41) is 6.50. The van der Waals surface area contributed by atoms with Crippen molar-refractivity contribution < 1.29 is 14.1 Å². The van der Waals surface area contributed by atoms with Gasteiger partial charge in [0.25, 0.3) is 0 Å². The summed E-state index contributed by atoms with van der Waals surface area (Å²) in [7, 11) is 0. The molecule has 1 aromatic rings. The minimum Gasteiger partial charge on any atom is -0.360 e. The van der Waals surface area contributed by atoms with E-state index in [9.17, 15) is 9.59 Å². The number of aryl methyl sites for hydroxylation is 1. The van der Waals surface area contributed by atoms with Gasteiger partial charge in [0.05, 0.1) is 0 Å². The van der Waals surface area contributed by atoms with Crippen molar-refractivity contribution in [1.29, 1.82) is 0 Å². The summed E-state index contributed by atoms with van der Waals surface area (Å²) < 4.78 is 4.91. The van der Waals surface area contributed by atoms with Gasteiger partial charge < -0.3 is 14.7 Å². The second-order valence-electron chi connectivity index (χ2n) is 5.63. The molecule has 1 aliphatic rings. The van der Waals surface area contributed by atoms with Crippen molar-refractivity contribution in [2.45, 2.75) is 33.6 Å². The molecule has 0 unspecified atom stereocenters. The van der Waals surface area contributed by atoms with Crippen LogP contribution in [0.2, 0.25) is 0 Å². The van der Waals surface area contributed by atoms with Crippen LogP contribution in [0.15, 0.2) is 22.2 Å². The predicted molar refractivity (Wildman–Crippen MR) is 78.6 cm³/mol. The molecule has 1 fully saturated rings. The van der Waals surface area contributed by atoms with Crippen LogP contribution in [0.4, 0.5) is 5.82 Å². The minimum atomic E-state index is -0.0854. The highest BCUT2D eigenvalue weighted by atomic mass is 16.5. The maximum Gasteiger partial charge on any atom is 0.246 e. The van der Waals surface area contributed by atoms with E-state index in [1.807, 2.05) is 13.8 Å². The molecule has 0 aliphatic carbocycles. The average Bonchev–Trinajstić information content (AvgIpc) is 2.83. The lowest BCUT2D eigenvalue weighted by Crippen LogP contribution is -2.40. The van der Waals surface area contributed by atoms with E-state index in [2.05, 4.69) is 10.5 Å². The first-order valence-corrected chi connectivity index (χ1v) is 7.13.